The minimum atomic E-state index is -0.639. The Kier molecular flexibility index (Phi) is 6.05. The number of ether oxygens (including phenoxy) is 1. The number of carbonyl (C=O) groups is 2. The van der Waals surface area contributed by atoms with Crippen molar-refractivity contribution in [3.63, 3.8) is 0 Å². The molecule has 0 radical (unpaired) electrons. The lowest BCUT2D eigenvalue weighted by Crippen LogP contribution is -2.33. The second-order valence-corrected chi connectivity index (χ2v) is 5.76. The van der Waals surface area contributed by atoms with Gasteiger partial charge in [-0.1, -0.05) is 12.1 Å². The van der Waals surface area contributed by atoms with Crippen molar-refractivity contribution in [3.8, 4) is 0 Å². The van der Waals surface area contributed by atoms with E-state index in [2.05, 4.69) is 4.74 Å². The zero-order valence-corrected chi connectivity index (χ0v) is 12.2. The number of nitrogens with two attached hydrogens (primary N) is 1. The van der Waals surface area contributed by atoms with Crippen molar-refractivity contribution in [1.82, 2.24) is 0 Å². The summed E-state index contributed by atoms with van der Waals surface area (Å²) in [4.78, 5) is 23.4. The molecule has 0 spiro atoms. The Labute approximate surface area is 117 Å². The van der Waals surface area contributed by atoms with Gasteiger partial charge in [0.05, 0.1) is 12.4 Å². The Morgan fingerprint density at radius 1 is 1.32 bits per heavy atom. The number of esters is 1. The molecule has 104 valence electrons. The zero-order chi connectivity index (χ0) is 14.4. The summed E-state index contributed by atoms with van der Waals surface area (Å²) in [6.07, 6.45) is 0.444. The molecule has 4 nitrogen and oxygen atoms in total. The molecule has 5 heteroatoms. The largest absolute Gasteiger partial charge is 0.468 e. The van der Waals surface area contributed by atoms with Gasteiger partial charge in [0.25, 0.3) is 0 Å². The molecule has 0 saturated heterocycles. The lowest BCUT2D eigenvalue weighted by atomic mass is 10.1. The molecule has 0 fully saturated rings. The molecule has 0 aliphatic rings. The maximum Gasteiger partial charge on any atom is 0.322 e. The Morgan fingerprint density at radius 3 is 2.37 bits per heavy atom. The molecule has 2 unspecified atom stereocenters. The van der Waals surface area contributed by atoms with Gasteiger partial charge in [0.15, 0.2) is 0 Å². The van der Waals surface area contributed by atoms with Gasteiger partial charge in [0.1, 0.15) is 11.8 Å². The molecule has 1 aromatic rings. The van der Waals surface area contributed by atoms with Gasteiger partial charge in [0, 0.05) is 4.90 Å². The van der Waals surface area contributed by atoms with Crippen LogP contribution in [0.4, 0.5) is 0 Å². The smallest absolute Gasteiger partial charge is 0.322 e. The fourth-order valence-corrected chi connectivity index (χ4v) is 2.35. The van der Waals surface area contributed by atoms with E-state index in [4.69, 9.17) is 5.73 Å². The molecule has 2 N–H and O–H groups in total. The first-order chi connectivity index (χ1) is 8.93. The van der Waals surface area contributed by atoms with Gasteiger partial charge in [0.2, 0.25) is 0 Å². The highest BCUT2D eigenvalue weighted by Gasteiger charge is 2.14. The van der Waals surface area contributed by atoms with Gasteiger partial charge in [-0.25, -0.2) is 0 Å². The third-order valence-electron chi connectivity index (χ3n) is 2.77. The summed E-state index contributed by atoms with van der Waals surface area (Å²) in [6.45, 7) is 3.47. The van der Waals surface area contributed by atoms with E-state index in [1.54, 1.807) is 6.92 Å². The topological polar surface area (TPSA) is 69.4 Å². The highest BCUT2D eigenvalue weighted by atomic mass is 32.2. The lowest BCUT2D eigenvalue weighted by Gasteiger charge is -2.10. The van der Waals surface area contributed by atoms with E-state index in [0.717, 1.165) is 10.5 Å². The van der Waals surface area contributed by atoms with Crippen LogP contribution in [-0.4, -0.2) is 30.2 Å². The number of hydrogen-bond donors (Lipinski definition) is 1. The summed E-state index contributed by atoms with van der Waals surface area (Å²) < 4.78 is 4.58. The maximum atomic E-state index is 11.2. The first kappa shape index (κ1) is 15.7. The monoisotopic (exact) mass is 281 g/mol. The quantitative estimate of drug-likeness (QED) is 0.636. The molecular weight excluding hydrogens is 262 g/mol. The molecule has 2 atom stereocenters. The molecule has 1 aromatic carbocycles. The fraction of sp³-hybridized carbons (Fsp3) is 0.429. The van der Waals surface area contributed by atoms with E-state index in [1.807, 2.05) is 31.2 Å². The standard InChI is InChI=1S/C14H19NO3S/c1-9(16)10(2)19-12-6-4-11(5-7-12)8-13(15)14(17)18-3/h4-7,10,13H,8,15H2,1-3H3. The van der Waals surface area contributed by atoms with Gasteiger partial charge < -0.3 is 10.5 Å². The Hall–Kier alpha value is -1.33. The predicted molar refractivity (Wildman–Crippen MR) is 76.1 cm³/mol. The number of carbonyl (C=O) groups excluding carboxylic acids is 2. The summed E-state index contributed by atoms with van der Waals surface area (Å²) in [5.74, 6) is -0.259. The van der Waals surface area contributed by atoms with Gasteiger partial charge in [-0.15, -0.1) is 11.8 Å². The lowest BCUT2D eigenvalue weighted by molar-refractivity contribution is -0.142. The van der Waals surface area contributed by atoms with Crippen LogP contribution in [0.3, 0.4) is 0 Å². The van der Waals surface area contributed by atoms with E-state index >= 15 is 0 Å². The van der Waals surface area contributed by atoms with Gasteiger partial charge in [-0.3, -0.25) is 9.59 Å². The molecule has 0 aromatic heterocycles. The van der Waals surface area contributed by atoms with Crippen LogP contribution in [0.1, 0.15) is 19.4 Å². The Balaban J connectivity index is 2.61. The van der Waals surface area contributed by atoms with Crippen molar-refractivity contribution < 1.29 is 14.3 Å². The fourth-order valence-electron chi connectivity index (χ4n) is 1.48. The van der Waals surface area contributed by atoms with Crippen LogP contribution < -0.4 is 5.73 Å². The number of ketones is 1. The van der Waals surface area contributed by atoms with Crippen LogP contribution in [0.5, 0.6) is 0 Å². The van der Waals surface area contributed by atoms with Crippen LogP contribution >= 0.6 is 11.8 Å². The average molecular weight is 281 g/mol. The average Bonchev–Trinajstić information content (AvgIpc) is 2.39. The molecule has 0 amide bonds. The van der Waals surface area contributed by atoms with E-state index in [9.17, 15) is 9.59 Å². The molecule has 1 rings (SSSR count). The maximum absolute atomic E-state index is 11.2. The number of rotatable bonds is 6. The normalized spacial score (nSPS) is 13.7. The minimum absolute atomic E-state index is 0.0526. The highest BCUT2D eigenvalue weighted by Crippen LogP contribution is 2.24. The molecule has 0 saturated carbocycles. The summed E-state index contributed by atoms with van der Waals surface area (Å²) >= 11 is 1.52. The van der Waals surface area contributed by atoms with Crippen LogP contribution in [0.25, 0.3) is 0 Å². The van der Waals surface area contributed by atoms with Crippen LogP contribution in [0.15, 0.2) is 29.2 Å². The van der Waals surface area contributed by atoms with Gasteiger partial charge in [-0.2, -0.15) is 0 Å². The van der Waals surface area contributed by atoms with Gasteiger partial charge >= 0.3 is 5.97 Å². The molecule has 0 aliphatic carbocycles. The highest BCUT2D eigenvalue weighted by molar-refractivity contribution is 8.00. The molecule has 0 bridgehead atoms. The second-order valence-electron chi connectivity index (χ2n) is 4.35. The van der Waals surface area contributed by atoms with Crippen molar-refractivity contribution >= 4 is 23.5 Å². The van der Waals surface area contributed by atoms with Crippen molar-refractivity contribution in [3.05, 3.63) is 29.8 Å². The number of hydrogen-bond acceptors (Lipinski definition) is 5. The van der Waals surface area contributed by atoms with E-state index in [-0.39, 0.29) is 11.0 Å². The molecular formula is C14H19NO3S. The summed E-state index contributed by atoms with van der Waals surface area (Å²) in [7, 11) is 1.32. The van der Waals surface area contributed by atoms with Crippen LogP contribution in [0.2, 0.25) is 0 Å². The third-order valence-corrected chi connectivity index (χ3v) is 4.00. The number of Topliss-reactive ketones (excluding diaryl/α,β-unsaturated/α-hetero) is 1. The number of methoxy groups -OCH3 is 1. The predicted octanol–water partition coefficient (Wildman–Crippen LogP) is 1.80. The van der Waals surface area contributed by atoms with Crippen LogP contribution in [-0.2, 0) is 20.7 Å². The first-order valence-electron chi connectivity index (χ1n) is 6.03. The Bertz CT molecular complexity index is 445. The van der Waals surface area contributed by atoms with Gasteiger partial charge in [-0.05, 0) is 38.0 Å². The van der Waals surface area contributed by atoms with E-state index in [0.29, 0.717) is 6.42 Å². The summed E-state index contributed by atoms with van der Waals surface area (Å²) in [5, 5.41) is -0.0526. The SMILES string of the molecule is COC(=O)C(N)Cc1ccc(SC(C)C(C)=O)cc1. The molecule has 19 heavy (non-hydrogen) atoms. The first-order valence-corrected chi connectivity index (χ1v) is 6.91. The summed E-state index contributed by atoms with van der Waals surface area (Å²) in [5.41, 5.74) is 6.66. The van der Waals surface area contributed by atoms with Crippen molar-refractivity contribution in [2.24, 2.45) is 5.73 Å². The van der Waals surface area contributed by atoms with Crippen molar-refractivity contribution in [2.75, 3.05) is 7.11 Å². The minimum Gasteiger partial charge on any atom is -0.468 e. The van der Waals surface area contributed by atoms with Crippen LogP contribution in [0, 0.1) is 0 Å². The molecule has 0 heterocycles. The zero-order valence-electron chi connectivity index (χ0n) is 11.4. The third kappa shape index (κ3) is 5.04. The van der Waals surface area contributed by atoms with E-state index in [1.165, 1.54) is 18.9 Å². The Morgan fingerprint density at radius 2 is 1.89 bits per heavy atom. The summed E-state index contributed by atoms with van der Waals surface area (Å²) in [6, 6.07) is 7.06. The number of benzene rings is 1. The van der Waals surface area contributed by atoms with E-state index < -0.39 is 12.0 Å². The number of thioether (sulfide) groups is 1. The second kappa shape index (κ2) is 7.31. The van der Waals surface area contributed by atoms with Crippen molar-refractivity contribution in [2.45, 2.75) is 36.5 Å². The van der Waals surface area contributed by atoms with Crippen molar-refractivity contribution in [1.29, 1.82) is 0 Å². The molecule has 0 aliphatic heterocycles.